The molecule has 1 saturated heterocycles. The van der Waals surface area contributed by atoms with E-state index in [9.17, 15) is 23.1 Å². The first-order valence-corrected chi connectivity index (χ1v) is 11.8. The largest absolute Gasteiger partial charge is 0.451 e. The first-order valence-electron chi connectivity index (χ1n) is 10.4. The smallest absolute Gasteiger partial charge is 0.325 e. The second kappa shape index (κ2) is 9.81. The molecule has 32 heavy (non-hydrogen) atoms. The number of sulfonamides is 1. The van der Waals surface area contributed by atoms with Crippen LogP contribution in [-0.4, -0.2) is 54.5 Å². The summed E-state index contributed by atoms with van der Waals surface area (Å²) in [5, 5.41) is 12.8. The predicted octanol–water partition coefficient (Wildman–Crippen LogP) is 1.68. The molecule has 2 aromatic rings. The van der Waals surface area contributed by atoms with Crippen LogP contribution in [0.25, 0.3) is 0 Å². The number of hydrogen-bond acceptors (Lipinski definition) is 6. The van der Waals surface area contributed by atoms with E-state index in [1.54, 1.807) is 13.0 Å². The Morgan fingerprint density at radius 2 is 1.84 bits per heavy atom. The molecule has 1 fully saturated rings. The standard InChI is InChI=1S/C23H28N2O6S/c1-15-9-10-20(11-16(15)2)32(29,30)25-14-19(26)12-21(25)23(28)31-17(3)22(27)24-13-18-7-5-4-6-8-18/h4-11,17,19,21,26H,12-14H2,1-3H3,(H,24,27). The van der Waals surface area contributed by atoms with Crippen molar-refractivity contribution >= 4 is 21.9 Å². The molecule has 2 aromatic carbocycles. The van der Waals surface area contributed by atoms with E-state index in [4.69, 9.17) is 4.74 Å². The van der Waals surface area contributed by atoms with Gasteiger partial charge in [-0.3, -0.25) is 9.59 Å². The third-order valence-electron chi connectivity index (χ3n) is 5.56. The van der Waals surface area contributed by atoms with E-state index in [2.05, 4.69) is 5.32 Å². The van der Waals surface area contributed by atoms with Crippen LogP contribution in [0, 0.1) is 13.8 Å². The molecular formula is C23H28N2O6S. The minimum Gasteiger partial charge on any atom is -0.451 e. The number of esters is 1. The molecule has 172 valence electrons. The van der Waals surface area contributed by atoms with Crippen LogP contribution in [-0.2, 0) is 30.9 Å². The van der Waals surface area contributed by atoms with Gasteiger partial charge >= 0.3 is 5.97 Å². The summed E-state index contributed by atoms with van der Waals surface area (Å²) in [6, 6.07) is 12.8. The van der Waals surface area contributed by atoms with E-state index in [1.165, 1.54) is 19.1 Å². The lowest BCUT2D eigenvalue weighted by Crippen LogP contribution is -2.44. The number of carbonyl (C=O) groups excluding carboxylic acids is 2. The summed E-state index contributed by atoms with van der Waals surface area (Å²) in [5.74, 6) is -1.36. The number of ether oxygens (including phenoxy) is 1. The number of nitrogens with one attached hydrogen (secondary N) is 1. The second-order valence-corrected chi connectivity index (χ2v) is 9.90. The molecule has 2 N–H and O–H groups in total. The van der Waals surface area contributed by atoms with E-state index in [-0.39, 0.29) is 24.4 Å². The summed E-state index contributed by atoms with van der Waals surface area (Å²) in [6.45, 7) is 5.15. The number of β-amino-alcohol motifs (C(OH)–C–C–N with tert-alkyl or cyclic N) is 1. The van der Waals surface area contributed by atoms with E-state index in [0.717, 1.165) is 21.0 Å². The minimum absolute atomic E-state index is 0.0427. The molecule has 1 amide bonds. The fourth-order valence-corrected chi connectivity index (χ4v) is 5.22. The highest BCUT2D eigenvalue weighted by molar-refractivity contribution is 7.89. The van der Waals surface area contributed by atoms with Crippen LogP contribution in [0.4, 0.5) is 0 Å². The lowest BCUT2D eigenvalue weighted by Gasteiger charge is -2.24. The lowest BCUT2D eigenvalue weighted by atomic mass is 10.1. The van der Waals surface area contributed by atoms with Crippen LogP contribution < -0.4 is 5.32 Å². The van der Waals surface area contributed by atoms with Crippen LogP contribution >= 0.6 is 0 Å². The molecule has 1 aliphatic rings. The molecule has 0 aliphatic carbocycles. The zero-order chi connectivity index (χ0) is 23.5. The van der Waals surface area contributed by atoms with E-state index >= 15 is 0 Å². The molecule has 3 atom stereocenters. The van der Waals surface area contributed by atoms with Crippen molar-refractivity contribution in [2.75, 3.05) is 6.54 Å². The fourth-order valence-electron chi connectivity index (χ4n) is 3.51. The topological polar surface area (TPSA) is 113 Å². The van der Waals surface area contributed by atoms with Crippen LogP contribution in [0.2, 0.25) is 0 Å². The number of aliphatic hydroxyl groups is 1. The molecule has 0 spiro atoms. The average molecular weight is 461 g/mol. The van der Waals surface area contributed by atoms with Gasteiger partial charge in [0.15, 0.2) is 6.10 Å². The van der Waals surface area contributed by atoms with Gasteiger partial charge in [-0.1, -0.05) is 36.4 Å². The van der Waals surface area contributed by atoms with Gasteiger partial charge in [-0.15, -0.1) is 0 Å². The molecule has 0 bridgehead atoms. The Bertz CT molecular complexity index is 1090. The Hall–Kier alpha value is -2.75. The van der Waals surface area contributed by atoms with E-state index in [1.807, 2.05) is 37.3 Å². The van der Waals surface area contributed by atoms with Gasteiger partial charge in [0, 0.05) is 19.5 Å². The molecule has 3 rings (SSSR count). The van der Waals surface area contributed by atoms with Crippen molar-refractivity contribution in [2.24, 2.45) is 0 Å². The zero-order valence-electron chi connectivity index (χ0n) is 18.3. The number of benzene rings is 2. The number of aryl methyl sites for hydroxylation is 2. The van der Waals surface area contributed by atoms with Crippen molar-refractivity contribution in [3.05, 3.63) is 65.2 Å². The molecule has 1 aliphatic heterocycles. The summed E-state index contributed by atoms with van der Waals surface area (Å²) < 4.78 is 32.6. The molecule has 1 heterocycles. The number of amides is 1. The van der Waals surface area contributed by atoms with E-state index < -0.39 is 40.1 Å². The maximum absolute atomic E-state index is 13.2. The summed E-state index contributed by atoms with van der Waals surface area (Å²) in [6.07, 6.45) is -2.22. The molecule has 0 aromatic heterocycles. The fraction of sp³-hybridized carbons (Fsp3) is 0.391. The normalized spacial score (nSPS) is 20.0. The Balaban J connectivity index is 1.68. The first kappa shape index (κ1) is 23.9. The monoisotopic (exact) mass is 460 g/mol. The molecule has 3 unspecified atom stereocenters. The average Bonchev–Trinajstić information content (AvgIpc) is 3.17. The molecule has 8 nitrogen and oxygen atoms in total. The first-order chi connectivity index (χ1) is 15.1. The summed E-state index contributed by atoms with van der Waals surface area (Å²) in [5.41, 5.74) is 2.63. The zero-order valence-corrected chi connectivity index (χ0v) is 19.1. The van der Waals surface area contributed by atoms with Gasteiger partial charge in [-0.2, -0.15) is 4.31 Å². The number of carbonyl (C=O) groups is 2. The Morgan fingerprint density at radius 3 is 2.50 bits per heavy atom. The summed E-state index contributed by atoms with van der Waals surface area (Å²) in [4.78, 5) is 25.1. The summed E-state index contributed by atoms with van der Waals surface area (Å²) >= 11 is 0. The number of nitrogens with zero attached hydrogens (tertiary/aromatic N) is 1. The number of rotatable bonds is 7. The van der Waals surface area contributed by atoms with Crippen molar-refractivity contribution in [3.8, 4) is 0 Å². The van der Waals surface area contributed by atoms with Gasteiger partial charge in [0.25, 0.3) is 5.91 Å². The second-order valence-electron chi connectivity index (χ2n) is 8.01. The molecule has 9 heteroatoms. The highest BCUT2D eigenvalue weighted by atomic mass is 32.2. The molecular weight excluding hydrogens is 432 g/mol. The third-order valence-corrected chi connectivity index (χ3v) is 7.43. The minimum atomic E-state index is -4.04. The Morgan fingerprint density at radius 1 is 1.16 bits per heavy atom. The summed E-state index contributed by atoms with van der Waals surface area (Å²) in [7, 11) is -4.04. The van der Waals surface area contributed by atoms with Gasteiger partial charge in [0.1, 0.15) is 6.04 Å². The third kappa shape index (κ3) is 5.35. The van der Waals surface area contributed by atoms with Gasteiger partial charge < -0.3 is 15.2 Å². The lowest BCUT2D eigenvalue weighted by molar-refractivity contribution is -0.158. The van der Waals surface area contributed by atoms with Gasteiger partial charge in [-0.05, 0) is 49.6 Å². The van der Waals surface area contributed by atoms with Gasteiger partial charge in [-0.25, -0.2) is 8.42 Å². The Kier molecular flexibility index (Phi) is 7.33. The van der Waals surface area contributed by atoms with Crippen LogP contribution in [0.5, 0.6) is 0 Å². The van der Waals surface area contributed by atoms with Crippen LogP contribution in [0.3, 0.4) is 0 Å². The van der Waals surface area contributed by atoms with Crippen molar-refractivity contribution in [2.45, 2.75) is 56.9 Å². The predicted molar refractivity (Wildman–Crippen MR) is 118 cm³/mol. The van der Waals surface area contributed by atoms with Crippen molar-refractivity contribution < 1.29 is 27.9 Å². The SMILES string of the molecule is Cc1ccc(S(=O)(=O)N2CC(O)CC2C(=O)OC(C)C(=O)NCc2ccccc2)cc1C. The molecule has 0 saturated carbocycles. The maximum Gasteiger partial charge on any atom is 0.325 e. The quantitative estimate of drug-likeness (QED) is 0.608. The highest BCUT2D eigenvalue weighted by Gasteiger charge is 2.45. The van der Waals surface area contributed by atoms with Crippen molar-refractivity contribution in [1.29, 1.82) is 0 Å². The van der Waals surface area contributed by atoms with E-state index in [0.29, 0.717) is 0 Å². The van der Waals surface area contributed by atoms with Crippen LogP contribution in [0.15, 0.2) is 53.4 Å². The van der Waals surface area contributed by atoms with Crippen LogP contribution in [0.1, 0.15) is 30.0 Å². The van der Waals surface area contributed by atoms with Crippen molar-refractivity contribution in [1.82, 2.24) is 9.62 Å². The molecule has 0 radical (unpaired) electrons. The Labute approximate surface area is 188 Å². The maximum atomic E-state index is 13.2. The highest BCUT2D eigenvalue weighted by Crippen LogP contribution is 2.28. The number of hydrogen-bond donors (Lipinski definition) is 2. The van der Waals surface area contributed by atoms with Gasteiger partial charge in [0.05, 0.1) is 11.0 Å². The number of aliphatic hydroxyl groups excluding tert-OH is 1. The van der Waals surface area contributed by atoms with Crippen molar-refractivity contribution in [3.63, 3.8) is 0 Å². The van der Waals surface area contributed by atoms with Gasteiger partial charge in [0.2, 0.25) is 10.0 Å².